The van der Waals surface area contributed by atoms with Crippen LogP contribution < -0.4 is 0 Å². The number of nitrogens with zero attached hydrogens (tertiary/aromatic N) is 2. The fourth-order valence-electron chi connectivity index (χ4n) is 3.94. The van der Waals surface area contributed by atoms with Crippen LogP contribution in [-0.4, -0.2) is 47.8 Å². The van der Waals surface area contributed by atoms with Gasteiger partial charge in [-0.25, -0.2) is 0 Å². The van der Waals surface area contributed by atoms with E-state index >= 15 is 0 Å². The van der Waals surface area contributed by atoms with Gasteiger partial charge in [0, 0.05) is 37.6 Å². The maximum atomic E-state index is 12.4. The van der Waals surface area contributed by atoms with E-state index in [0.717, 1.165) is 18.4 Å². The van der Waals surface area contributed by atoms with Crippen molar-refractivity contribution in [3.8, 4) is 6.07 Å². The number of benzene rings is 1. The summed E-state index contributed by atoms with van der Waals surface area (Å²) in [5.41, 5.74) is 1.25. The van der Waals surface area contributed by atoms with Crippen molar-refractivity contribution in [1.82, 2.24) is 4.90 Å². The molecule has 0 radical (unpaired) electrons. The predicted molar refractivity (Wildman–Crippen MR) is 94.5 cm³/mol. The SMILES string of the molecule is CCOC1CC(O)C12CCN(C(=O)/C=C/c1cccc(C#N)c1)CC2. The quantitative estimate of drug-likeness (QED) is 0.854. The molecular weight excluding hydrogens is 316 g/mol. The second-order valence-electron chi connectivity index (χ2n) is 6.82. The van der Waals surface area contributed by atoms with Crippen LogP contribution in [0.3, 0.4) is 0 Å². The van der Waals surface area contributed by atoms with E-state index in [4.69, 9.17) is 10.00 Å². The summed E-state index contributed by atoms with van der Waals surface area (Å²) in [7, 11) is 0. The first kappa shape index (κ1) is 17.7. The molecule has 2 atom stereocenters. The molecule has 1 saturated heterocycles. The topological polar surface area (TPSA) is 73.6 Å². The van der Waals surface area contributed by atoms with E-state index < -0.39 is 0 Å². The van der Waals surface area contributed by atoms with Crippen molar-refractivity contribution in [2.24, 2.45) is 5.41 Å². The predicted octanol–water partition coefficient (Wildman–Crippen LogP) is 2.35. The summed E-state index contributed by atoms with van der Waals surface area (Å²) in [6.07, 6.45) is 5.38. The van der Waals surface area contributed by atoms with Crippen molar-refractivity contribution in [2.75, 3.05) is 19.7 Å². The number of carbonyl (C=O) groups is 1. The molecule has 0 aromatic heterocycles. The van der Waals surface area contributed by atoms with E-state index in [1.807, 2.05) is 17.9 Å². The molecule has 132 valence electrons. The Morgan fingerprint density at radius 2 is 2.24 bits per heavy atom. The van der Waals surface area contributed by atoms with Gasteiger partial charge in [0.05, 0.1) is 23.8 Å². The number of aliphatic hydroxyl groups is 1. The van der Waals surface area contributed by atoms with Gasteiger partial charge in [0.15, 0.2) is 0 Å². The third-order valence-corrected chi connectivity index (χ3v) is 5.55. The van der Waals surface area contributed by atoms with Gasteiger partial charge in [0.25, 0.3) is 0 Å². The normalized spacial score (nSPS) is 24.9. The molecule has 2 fully saturated rings. The van der Waals surface area contributed by atoms with Crippen LogP contribution in [0.5, 0.6) is 0 Å². The molecule has 1 spiro atoms. The minimum Gasteiger partial charge on any atom is -0.392 e. The summed E-state index contributed by atoms with van der Waals surface area (Å²) >= 11 is 0. The Balaban J connectivity index is 1.58. The van der Waals surface area contributed by atoms with Crippen molar-refractivity contribution in [3.05, 3.63) is 41.5 Å². The molecule has 2 aliphatic rings. The number of nitriles is 1. The number of ether oxygens (including phenoxy) is 1. The molecule has 5 heteroatoms. The average molecular weight is 340 g/mol. The van der Waals surface area contributed by atoms with Crippen LogP contribution in [0.1, 0.15) is 37.3 Å². The Kier molecular flexibility index (Phi) is 5.22. The lowest BCUT2D eigenvalue weighted by Crippen LogP contribution is -2.62. The molecule has 1 aliphatic heterocycles. The number of aliphatic hydroxyl groups excluding tert-OH is 1. The first-order chi connectivity index (χ1) is 12.1. The van der Waals surface area contributed by atoms with Crippen LogP contribution in [-0.2, 0) is 9.53 Å². The van der Waals surface area contributed by atoms with Crippen molar-refractivity contribution in [3.63, 3.8) is 0 Å². The molecule has 1 aromatic carbocycles. The first-order valence-electron chi connectivity index (χ1n) is 8.86. The number of hydrogen-bond donors (Lipinski definition) is 1. The van der Waals surface area contributed by atoms with Gasteiger partial charge in [-0.1, -0.05) is 12.1 Å². The summed E-state index contributed by atoms with van der Waals surface area (Å²) in [6.45, 7) is 3.92. The molecular formula is C20H24N2O3. The smallest absolute Gasteiger partial charge is 0.246 e. The molecule has 1 N–H and O–H groups in total. The van der Waals surface area contributed by atoms with Crippen LogP contribution in [0.2, 0.25) is 0 Å². The highest BCUT2D eigenvalue weighted by atomic mass is 16.5. The van der Waals surface area contributed by atoms with E-state index in [1.54, 1.807) is 30.4 Å². The van der Waals surface area contributed by atoms with Crippen LogP contribution in [0.4, 0.5) is 0 Å². The summed E-state index contributed by atoms with van der Waals surface area (Å²) in [5, 5.41) is 19.1. The Labute approximate surface area is 148 Å². The van der Waals surface area contributed by atoms with Crippen molar-refractivity contribution < 1.29 is 14.6 Å². The Morgan fingerprint density at radius 1 is 1.48 bits per heavy atom. The molecule has 2 unspecified atom stereocenters. The number of piperidine rings is 1. The van der Waals surface area contributed by atoms with Gasteiger partial charge in [-0.3, -0.25) is 4.79 Å². The number of rotatable bonds is 4. The van der Waals surface area contributed by atoms with Crippen molar-refractivity contribution in [1.29, 1.82) is 5.26 Å². The maximum Gasteiger partial charge on any atom is 0.246 e. The van der Waals surface area contributed by atoms with Gasteiger partial charge in [-0.05, 0) is 43.5 Å². The molecule has 1 saturated carbocycles. The largest absolute Gasteiger partial charge is 0.392 e. The third kappa shape index (κ3) is 3.46. The second-order valence-corrected chi connectivity index (χ2v) is 6.82. The zero-order valence-corrected chi connectivity index (χ0v) is 14.5. The lowest BCUT2D eigenvalue weighted by atomic mass is 9.58. The Hall–Kier alpha value is -2.16. The minimum atomic E-state index is -0.314. The number of amides is 1. The molecule has 3 rings (SSSR count). The van der Waals surface area contributed by atoms with Gasteiger partial charge in [-0.2, -0.15) is 5.26 Å². The van der Waals surface area contributed by atoms with Crippen LogP contribution in [0.15, 0.2) is 30.3 Å². The maximum absolute atomic E-state index is 12.4. The van der Waals surface area contributed by atoms with E-state index in [0.29, 0.717) is 31.7 Å². The van der Waals surface area contributed by atoms with Crippen LogP contribution in [0.25, 0.3) is 6.08 Å². The van der Waals surface area contributed by atoms with E-state index in [2.05, 4.69) is 6.07 Å². The molecule has 5 nitrogen and oxygen atoms in total. The highest BCUT2D eigenvalue weighted by Crippen LogP contribution is 2.50. The zero-order valence-electron chi connectivity index (χ0n) is 14.5. The standard InChI is InChI=1S/C20H24N2O3/c1-2-25-18-13-17(23)20(18)8-10-22(11-9-20)19(24)7-6-15-4-3-5-16(12-15)14-21/h3-7,12,17-18,23H,2,8-11,13H2,1H3/b7-6+. The van der Waals surface area contributed by atoms with Gasteiger partial charge in [0.1, 0.15) is 0 Å². The fraction of sp³-hybridized carbons (Fsp3) is 0.500. The van der Waals surface area contributed by atoms with Crippen LogP contribution >= 0.6 is 0 Å². The third-order valence-electron chi connectivity index (χ3n) is 5.55. The fourth-order valence-corrected chi connectivity index (χ4v) is 3.94. The monoisotopic (exact) mass is 340 g/mol. The van der Waals surface area contributed by atoms with E-state index in [-0.39, 0.29) is 23.5 Å². The van der Waals surface area contributed by atoms with E-state index in [9.17, 15) is 9.90 Å². The number of carbonyl (C=O) groups excluding carboxylic acids is 1. The molecule has 0 bridgehead atoms. The second kappa shape index (κ2) is 7.38. The number of hydrogen-bond acceptors (Lipinski definition) is 4. The Bertz CT molecular complexity index is 697. The average Bonchev–Trinajstić information content (AvgIpc) is 2.66. The summed E-state index contributed by atoms with van der Waals surface area (Å²) in [6, 6.07) is 9.26. The van der Waals surface area contributed by atoms with Crippen molar-refractivity contribution in [2.45, 2.75) is 38.4 Å². The van der Waals surface area contributed by atoms with Crippen LogP contribution in [0, 0.1) is 16.7 Å². The minimum absolute atomic E-state index is 0.0287. The highest BCUT2D eigenvalue weighted by Gasteiger charge is 2.56. The molecule has 1 amide bonds. The van der Waals surface area contributed by atoms with Gasteiger partial charge in [0.2, 0.25) is 5.91 Å². The van der Waals surface area contributed by atoms with Gasteiger partial charge >= 0.3 is 0 Å². The zero-order chi connectivity index (χ0) is 17.9. The highest BCUT2D eigenvalue weighted by molar-refractivity contribution is 5.91. The van der Waals surface area contributed by atoms with Gasteiger partial charge in [-0.15, -0.1) is 0 Å². The molecule has 1 heterocycles. The lowest BCUT2D eigenvalue weighted by Gasteiger charge is -2.56. The molecule has 25 heavy (non-hydrogen) atoms. The molecule has 1 aromatic rings. The van der Waals surface area contributed by atoms with Gasteiger partial charge < -0.3 is 14.7 Å². The summed E-state index contributed by atoms with van der Waals surface area (Å²) < 4.78 is 5.76. The van der Waals surface area contributed by atoms with Crippen molar-refractivity contribution >= 4 is 12.0 Å². The number of likely N-dealkylation sites (tertiary alicyclic amines) is 1. The molecule has 1 aliphatic carbocycles. The van der Waals surface area contributed by atoms with E-state index in [1.165, 1.54) is 0 Å². The first-order valence-corrected chi connectivity index (χ1v) is 8.86. The Morgan fingerprint density at radius 3 is 2.88 bits per heavy atom. The summed E-state index contributed by atoms with van der Waals surface area (Å²) in [4.78, 5) is 14.2. The lowest BCUT2D eigenvalue weighted by molar-refractivity contribution is -0.209. The summed E-state index contributed by atoms with van der Waals surface area (Å²) in [5.74, 6) is -0.0287.